The van der Waals surface area contributed by atoms with Crippen LogP contribution in [0.25, 0.3) is 10.8 Å². The Morgan fingerprint density at radius 2 is 2.07 bits per heavy atom. The molecule has 0 atom stereocenters. The molecule has 15 heavy (non-hydrogen) atoms. The van der Waals surface area contributed by atoms with Crippen LogP contribution in [0.1, 0.15) is 0 Å². The zero-order chi connectivity index (χ0) is 10.7. The summed E-state index contributed by atoms with van der Waals surface area (Å²) in [6, 6.07) is 11.8. The molecule has 2 aromatic carbocycles. The Morgan fingerprint density at radius 1 is 1.27 bits per heavy atom. The van der Waals surface area contributed by atoms with Gasteiger partial charge >= 0.3 is 0 Å². The van der Waals surface area contributed by atoms with Gasteiger partial charge in [-0.1, -0.05) is 24.3 Å². The summed E-state index contributed by atoms with van der Waals surface area (Å²) in [5.74, 6) is 0.776. The molecule has 0 radical (unpaired) electrons. The normalized spacial score (nSPS) is 9.67. The molecular weight excluding hydrogens is 206 g/mol. The maximum Gasteiger partial charge on any atom is 0.121 e. The third-order valence-corrected chi connectivity index (χ3v) is 2.31. The van der Waals surface area contributed by atoms with Gasteiger partial charge in [0.15, 0.2) is 0 Å². The number of hydrogen-bond donors (Lipinski definition) is 0. The van der Waals surface area contributed by atoms with Crippen LogP contribution in [0.5, 0.6) is 5.75 Å². The molecular formula is C12H9NOS. The van der Waals surface area contributed by atoms with E-state index >= 15 is 0 Å². The smallest absolute Gasteiger partial charge is 0.121 e. The zero-order valence-corrected chi connectivity index (χ0v) is 9.04. The highest BCUT2D eigenvalue weighted by Gasteiger charge is 2.02. The van der Waals surface area contributed by atoms with Crippen LogP contribution in [0.3, 0.4) is 0 Å². The summed E-state index contributed by atoms with van der Waals surface area (Å²) >= 11 is 4.62. The SMILES string of the molecule is COc1cc(N=C=S)c2ccccc2c1. The summed E-state index contributed by atoms with van der Waals surface area (Å²) in [5.41, 5.74) is 0.792. The average Bonchev–Trinajstić information content (AvgIpc) is 2.29. The number of nitrogens with zero attached hydrogens (tertiary/aromatic N) is 1. The predicted octanol–water partition coefficient (Wildman–Crippen LogP) is 3.58. The average molecular weight is 215 g/mol. The number of methoxy groups -OCH3 is 1. The Labute approximate surface area is 93.2 Å². The number of ether oxygens (including phenoxy) is 1. The molecule has 0 amide bonds. The van der Waals surface area contributed by atoms with Gasteiger partial charge in [0.2, 0.25) is 0 Å². The molecule has 2 aromatic rings. The molecule has 0 N–H and O–H groups in total. The van der Waals surface area contributed by atoms with E-state index in [4.69, 9.17) is 4.74 Å². The van der Waals surface area contributed by atoms with Crippen molar-refractivity contribution in [1.29, 1.82) is 0 Å². The van der Waals surface area contributed by atoms with Crippen LogP contribution >= 0.6 is 12.2 Å². The third kappa shape index (κ3) is 1.89. The van der Waals surface area contributed by atoms with Crippen molar-refractivity contribution in [2.45, 2.75) is 0 Å². The summed E-state index contributed by atoms with van der Waals surface area (Å²) in [4.78, 5) is 4.03. The third-order valence-electron chi connectivity index (χ3n) is 2.22. The molecule has 0 heterocycles. The second-order valence-corrected chi connectivity index (χ2v) is 3.25. The van der Waals surface area contributed by atoms with Crippen LogP contribution in [0, 0.1) is 0 Å². The van der Waals surface area contributed by atoms with E-state index in [0.717, 1.165) is 22.2 Å². The number of hydrogen-bond acceptors (Lipinski definition) is 3. The number of rotatable bonds is 2. The summed E-state index contributed by atoms with van der Waals surface area (Å²) in [7, 11) is 1.63. The molecule has 0 aliphatic heterocycles. The van der Waals surface area contributed by atoms with Crippen LogP contribution in [0.4, 0.5) is 5.69 Å². The minimum absolute atomic E-state index is 0.776. The van der Waals surface area contributed by atoms with Crippen molar-refractivity contribution in [3.63, 3.8) is 0 Å². The van der Waals surface area contributed by atoms with Gasteiger partial charge in [-0.25, -0.2) is 0 Å². The van der Waals surface area contributed by atoms with Crippen LogP contribution in [0.2, 0.25) is 0 Å². The minimum Gasteiger partial charge on any atom is -0.497 e. The maximum absolute atomic E-state index is 5.19. The molecule has 74 valence electrons. The molecule has 0 saturated carbocycles. The van der Waals surface area contributed by atoms with Gasteiger partial charge < -0.3 is 4.74 Å². The monoisotopic (exact) mass is 215 g/mol. The van der Waals surface area contributed by atoms with Crippen LogP contribution < -0.4 is 4.74 Å². The molecule has 0 aliphatic rings. The number of benzene rings is 2. The fourth-order valence-corrected chi connectivity index (χ4v) is 1.62. The van der Waals surface area contributed by atoms with Gasteiger partial charge in [0.25, 0.3) is 0 Å². The Morgan fingerprint density at radius 3 is 2.80 bits per heavy atom. The van der Waals surface area contributed by atoms with E-state index in [1.165, 1.54) is 0 Å². The Bertz CT molecular complexity index is 544. The lowest BCUT2D eigenvalue weighted by atomic mass is 10.1. The minimum atomic E-state index is 0.776. The number of isothiocyanates is 1. The number of aliphatic imine (C=N–C) groups is 1. The predicted molar refractivity (Wildman–Crippen MR) is 65.2 cm³/mol. The first-order valence-corrected chi connectivity index (χ1v) is 4.90. The molecule has 0 aromatic heterocycles. The van der Waals surface area contributed by atoms with Crippen molar-refractivity contribution in [1.82, 2.24) is 0 Å². The first-order chi connectivity index (χ1) is 7.35. The summed E-state index contributed by atoms with van der Waals surface area (Å²) < 4.78 is 5.19. The molecule has 0 unspecified atom stereocenters. The van der Waals surface area contributed by atoms with Crippen molar-refractivity contribution in [3.05, 3.63) is 36.4 Å². The van der Waals surface area contributed by atoms with Crippen molar-refractivity contribution in [2.75, 3.05) is 7.11 Å². The lowest BCUT2D eigenvalue weighted by Gasteiger charge is -2.04. The van der Waals surface area contributed by atoms with Gasteiger partial charge in [0, 0.05) is 11.5 Å². The van der Waals surface area contributed by atoms with Crippen LogP contribution in [-0.4, -0.2) is 12.3 Å². The Kier molecular flexibility index (Phi) is 2.77. The summed E-state index contributed by atoms with van der Waals surface area (Å²) in [6.45, 7) is 0. The first kappa shape index (κ1) is 9.84. The lowest BCUT2D eigenvalue weighted by molar-refractivity contribution is 0.415. The van der Waals surface area contributed by atoms with Gasteiger partial charge in [-0.05, 0) is 23.7 Å². The van der Waals surface area contributed by atoms with Gasteiger partial charge in [-0.15, -0.1) is 0 Å². The Balaban J connectivity index is 2.79. The summed E-state index contributed by atoms with van der Waals surface area (Å²) in [6.07, 6.45) is 0. The van der Waals surface area contributed by atoms with E-state index in [1.54, 1.807) is 7.11 Å². The fraction of sp³-hybridized carbons (Fsp3) is 0.0833. The molecule has 0 bridgehead atoms. The maximum atomic E-state index is 5.19. The molecule has 2 nitrogen and oxygen atoms in total. The summed E-state index contributed by atoms with van der Waals surface area (Å²) in [5, 5.41) is 4.52. The fourth-order valence-electron chi connectivity index (χ4n) is 1.52. The first-order valence-electron chi connectivity index (χ1n) is 4.50. The van der Waals surface area contributed by atoms with Gasteiger partial charge in [-0.3, -0.25) is 0 Å². The topological polar surface area (TPSA) is 21.6 Å². The molecule has 3 heteroatoms. The van der Waals surface area contributed by atoms with Gasteiger partial charge in [-0.2, -0.15) is 4.99 Å². The van der Waals surface area contributed by atoms with Crippen LogP contribution in [-0.2, 0) is 0 Å². The molecule has 0 spiro atoms. The van der Waals surface area contributed by atoms with Gasteiger partial charge in [0.05, 0.1) is 18.0 Å². The largest absolute Gasteiger partial charge is 0.497 e. The molecule has 0 fully saturated rings. The molecule has 2 rings (SSSR count). The second kappa shape index (κ2) is 4.22. The quantitative estimate of drug-likeness (QED) is 0.564. The van der Waals surface area contributed by atoms with Crippen LogP contribution in [0.15, 0.2) is 41.4 Å². The van der Waals surface area contributed by atoms with E-state index in [2.05, 4.69) is 22.4 Å². The van der Waals surface area contributed by atoms with E-state index in [-0.39, 0.29) is 0 Å². The number of thiocarbonyl (C=S) groups is 1. The van der Waals surface area contributed by atoms with Crippen molar-refractivity contribution < 1.29 is 4.74 Å². The number of fused-ring (bicyclic) bond motifs is 1. The highest BCUT2D eigenvalue weighted by molar-refractivity contribution is 7.78. The Hall–Kier alpha value is -1.70. The molecule has 0 aliphatic carbocycles. The van der Waals surface area contributed by atoms with E-state index in [9.17, 15) is 0 Å². The zero-order valence-electron chi connectivity index (χ0n) is 8.23. The highest BCUT2D eigenvalue weighted by atomic mass is 32.1. The standard InChI is InChI=1S/C12H9NOS/c1-14-10-6-9-4-2-3-5-11(9)12(7-10)13-8-15/h2-7H,1H3. The second-order valence-electron chi connectivity index (χ2n) is 3.07. The van der Waals surface area contributed by atoms with Gasteiger partial charge in [0.1, 0.15) is 5.75 Å². The van der Waals surface area contributed by atoms with E-state index < -0.39 is 0 Å². The lowest BCUT2D eigenvalue weighted by Crippen LogP contribution is -1.83. The van der Waals surface area contributed by atoms with E-state index in [0.29, 0.717) is 0 Å². The van der Waals surface area contributed by atoms with Crippen molar-refractivity contribution >= 4 is 33.8 Å². The highest BCUT2D eigenvalue weighted by Crippen LogP contribution is 2.30. The van der Waals surface area contributed by atoms with E-state index in [1.807, 2.05) is 36.4 Å². The molecule has 0 saturated heterocycles. The van der Waals surface area contributed by atoms with Crippen molar-refractivity contribution in [2.24, 2.45) is 4.99 Å². The van der Waals surface area contributed by atoms with Crippen molar-refractivity contribution in [3.8, 4) is 5.75 Å².